The minimum atomic E-state index is -0.593. The van der Waals surface area contributed by atoms with E-state index in [1.54, 1.807) is 0 Å². The molecule has 1 atom stereocenters. The van der Waals surface area contributed by atoms with Crippen molar-refractivity contribution in [1.82, 2.24) is 10.3 Å². The van der Waals surface area contributed by atoms with Crippen LogP contribution in [-0.2, 0) is 0 Å². The lowest BCUT2D eigenvalue weighted by Gasteiger charge is -2.22. The summed E-state index contributed by atoms with van der Waals surface area (Å²) < 4.78 is 12.8. The van der Waals surface area contributed by atoms with E-state index in [2.05, 4.69) is 10.3 Å². The summed E-state index contributed by atoms with van der Waals surface area (Å²) in [4.78, 5) is 15.7. The first-order chi connectivity index (χ1) is 9.58. The number of rotatable bonds is 4. The summed E-state index contributed by atoms with van der Waals surface area (Å²) in [5, 5.41) is 2.97. The fourth-order valence-corrected chi connectivity index (χ4v) is 2.03. The first-order valence-corrected chi connectivity index (χ1v) is 6.55. The van der Waals surface area contributed by atoms with Gasteiger partial charge < -0.3 is 5.32 Å². The van der Waals surface area contributed by atoms with Gasteiger partial charge in [-0.25, -0.2) is 4.98 Å². The number of amides is 1. The number of carbonyl (C=O) groups is 1. The normalized spacial score (nSPS) is 12.2. The molecule has 1 heterocycles. The average molecular weight is 272 g/mol. The van der Waals surface area contributed by atoms with Gasteiger partial charge in [0.25, 0.3) is 5.91 Å². The maximum absolute atomic E-state index is 12.8. The van der Waals surface area contributed by atoms with Gasteiger partial charge in [-0.2, -0.15) is 4.39 Å². The van der Waals surface area contributed by atoms with Gasteiger partial charge in [-0.15, -0.1) is 0 Å². The van der Waals surface area contributed by atoms with Gasteiger partial charge in [-0.3, -0.25) is 4.79 Å². The maximum Gasteiger partial charge on any atom is 0.253 e. The van der Waals surface area contributed by atoms with E-state index in [1.807, 2.05) is 44.2 Å². The van der Waals surface area contributed by atoms with E-state index in [0.29, 0.717) is 5.56 Å². The Bertz CT molecular complexity index is 567. The van der Waals surface area contributed by atoms with Crippen molar-refractivity contribution in [2.75, 3.05) is 0 Å². The van der Waals surface area contributed by atoms with Crippen molar-refractivity contribution in [2.45, 2.75) is 19.9 Å². The van der Waals surface area contributed by atoms with Gasteiger partial charge in [0.1, 0.15) is 0 Å². The lowest BCUT2D eigenvalue weighted by atomic mass is 9.96. The van der Waals surface area contributed by atoms with Crippen LogP contribution in [0.1, 0.15) is 35.8 Å². The second-order valence-electron chi connectivity index (χ2n) is 4.98. The van der Waals surface area contributed by atoms with Crippen molar-refractivity contribution in [2.24, 2.45) is 5.92 Å². The van der Waals surface area contributed by atoms with Crippen molar-refractivity contribution in [3.8, 4) is 0 Å². The molecule has 1 aromatic carbocycles. The maximum atomic E-state index is 12.8. The van der Waals surface area contributed by atoms with E-state index in [1.165, 1.54) is 18.3 Å². The van der Waals surface area contributed by atoms with Crippen LogP contribution in [0.3, 0.4) is 0 Å². The number of halogens is 1. The SMILES string of the molecule is CC(C)C(NC(=O)c1ccc(F)nc1)c1ccccc1. The molecule has 0 aliphatic carbocycles. The Kier molecular flexibility index (Phi) is 4.45. The van der Waals surface area contributed by atoms with E-state index in [0.717, 1.165) is 5.56 Å². The zero-order chi connectivity index (χ0) is 14.5. The molecule has 0 radical (unpaired) electrons. The molecule has 0 fully saturated rings. The Morgan fingerprint density at radius 2 is 1.85 bits per heavy atom. The van der Waals surface area contributed by atoms with Crippen molar-refractivity contribution in [3.05, 3.63) is 65.7 Å². The fraction of sp³-hybridized carbons (Fsp3) is 0.250. The molecule has 0 bridgehead atoms. The van der Waals surface area contributed by atoms with E-state index in [9.17, 15) is 9.18 Å². The third kappa shape index (κ3) is 3.41. The van der Waals surface area contributed by atoms with Gasteiger partial charge in [0.05, 0.1) is 11.6 Å². The smallest absolute Gasteiger partial charge is 0.253 e. The molecule has 0 spiro atoms. The van der Waals surface area contributed by atoms with Crippen LogP contribution in [-0.4, -0.2) is 10.9 Å². The predicted octanol–water partition coefficient (Wildman–Crippen LogP) is 3.35. The van der Waals surface area contributed by atoms with Gasteiger partial charge in [-0.05, 0) is 23.6 Å². The molecule has 1 unspecified atom stereocenters. The first-order valence-electron chi connectivity index (χ1n) is 6.55. The van der Waals surface area contributed by atoms with E-state index >= 15 is 0 Å². The summed E-state index contributed by atoms with van der Waals surface area (Å²) in [5.74, 6) is -0.597. The second-order valence-corrected chi connectivity index (χ2v) is 4.98. The molecule has 0 aliphatic heterocycles. The number of carbonyl (C=O) groups excluding carboxylic acids is 1. The molecule has 20 heavy (non-hydrogen) atoms. The van der Waals surface area contributed by atoms with Crippen molar-refractivity contribution < 1.29 is 9.18 Å². The molecule has 0 saturated carbocycles. The number of pyridine rings is 1. The largest absolute Gasteiger partial charge is 0.345 e. The highest BCUT2D eigenvalue weighted by atomic mass is 19.1. The monoisotopic (exact) mass is 272 g/mol. The Labute approximate surface area is 117 Å². The Balaban J connectivity index is 2.17. The molecule has 3 nitrogen and oxygen atoms in total. The quantitative estimate of drug-likeness (QED) is 0.867. The van der Waals surface area contributed by atoms with Gasteiger partial charge in [-0.1, -0.05) is 44.2 Å². The van der Waals surface area contributed by atoms with Crippen LogP contribution in [0.2, 0.25) is 0 Å². The van der Waals surface area contributed by atoms with Crippen LogP contribution in [0.4, 0.5) is 4.39 Å². The molecule has 104 valence electrons. The molecule has 1 aromatic heterocycles. The van der Waals surface area contributed by atoms with Gasteiger partial charge >= 0.3 is 0 Å². The van der Waals surface area contributed by atoms with Crippen LogP contribution in [0.15, 0.2) is 48.7 Å². The molecule has 1 N–H and O–H groups in total. The van der Waals surface area contributed by atoms with Crippen LogP contribution in [0, 0.1) is 11.9 Å². The van der Waals surface area contributed by atoms with Crippen molar-refractivity contribution >= 4 is 5.91 Å². The third-order valence-corrected chi connectivity index (χ3v) is 3.10. The summed E-state index contributed by atoms with van der Waals surface area (Å²) in [7, 11) is 0. The molecular formula is C16H17FN2O. The van der Waals surface area contributed by atoms with Gasteiger partial charge in [0.15, 0.2) is 0 Å². The Morgan fingerprint density at radius 1 is 1.15 bits per heavy atom. The van der Waals surface area contributed by atoms with Crippen molar-refractivity contribution in [3.63, 3.8) is 0 Å². The lowest BCUT2D eigenvalue weighted by molar-refractivity contribution is 0.0925. The van der Waals surface area contributed by atoms with E-state index in [-0.39, 0.29) is 17.9 Å². The summed E-state index contributed by atoms with van der Waals surface area (Å²) in [6.07, 6.45) is 1.24. The van der Waals surface area contributed by atoms with E-state index in [4.69, 9.17) is 0 Å². The molecule has 0 aliphatic rings. The second kappa shape index (κ2) is 6.28. The Morgan fingerprint density at radius 3 is 2.40 bits per heavy atom. The zero-order valence-corrected chi connectivity index (χ0v) is 11.5. The molecule has 1 amide bonds. The zero-order valence-electron chi connectivity index (χ0n) is 11.5. The number of nitrogens with zero attached hydrogens (tertiary/aromatic N) is 1. The summed E-state index contributed by atoms with van der Waals surface area (Å²) in [6.45, 7) is 4.09. The molecule has 2 rings (SSSR count). The summed E-state index contributed by atoms with van der Waals surface area (Å²) in [6, 6.07) is 12.3. The molecule has 4 heteroatoms. The minimum absolute atomic E-state index is 0.0891. The standard InChI is InChI=1S/C16H17FN2O/c1-11(2)15(12-6-4-3-5-7-12)19-16(20)13-8-9-14(17)18-10-13/h3-11,15H,1-2H3,(H,19,20). The first kappa shape index (κ1) is 14.2. The highest BCUT2D eigenvalue weighted by molar-refractivity contribution is 5.94. The molecular weight excluding hydrogens is 255 g/mol. The Hall–Kier alpha value is -2.23. The topological polar surface area (TPSA) is 42.0 Å². The van der Waals surface area contributed by atoms with Gasteiger partial charge in [0, 0.05) is 6.20 Å². The number of hydrogen-bond donors (Lipinski definition) is 1. The number of aromatic nitrogens is 1. The summed E-state index contributed by atoms with van der Waals surface area (Å²) in [5.41, 5.74) is 1.40. The number of hydrogen-bond acceptors (Lipinski definition) is 2. The van der Waals surface area contributed by atoms with Crippen LogP contribution < -0.4 is 5.32 Å². The van der Waals surface area contributed by atoms with E-state index < -0.39 is 5.95 Å². The van der Waals surface area contributed by atoms with Crippen LogP contribution >= 0.6 is 0 Å². The van der Waals surface area contributed by atoms with Crippen LogP contribution in [0.5, 0.6) is 0 Å². The average Bonchev–Trinajstić information content (AvgIpc) is 2.46. The van der Waals surface area contributed by atoms with Gasteiger partial charge in [0.2, 0.25) is 5.95 Å². The minimum Gasteiger partial charge on any atom is -0.345 e. The third-order valence-electron chi connectivity index (χ3n) is 3.10. The lowest BCUT2D eigenvalue weighted by Crippen LogP contribution is -2.31. The highest BCUT2D eigenvalue weighted by Gasteiger charge is 2.19. The van der Waals surface area contributed by atoms with Crippen LogP contribution in [0.25, 0.3) is 0 Å². The molecule has 0 saturated heterocycles. The number of benzene rings is 1. The summed E-state index contributed by atoms with van der Waals surface area (Å²) >= 11 is 0. The number of nitrogens with one attached hydrogen (secondary N) is 1. The highest BCUT2D eigenvalue weighted by Crippen LogP contribution is 2.21. The molecule has 2 aromatic rings. The van der Waals surface area contributed by atoms with Crippen molar-refractivity contribution in [1.29, 1.82) is 0 Å². The fourth-order valence-electron chi connectivity index (χ4n) is 2.03. The predicted molar refractivity (Wildman–Crippen MR) is 75.7 cm³/mol.